The van der Waals surface area contributed by atoms with E-state index in [0.29, 0.717) is 50.0 Å². The smallest absolute Gasteiger partial charge is 0.346 e. The maximum Gasteiger partial charge on any atom is 0.346 e. The summed E-state index contributed by atoms with van der Waals surface area (Å²) in [6.07, 6.45) is 1.77. The van der Waals surface area contributed by atoms with E-state index in [2.05, 4.69) is 11.8 Å². The van der Waals surface area contributed by atoms with Gasteiger partial charge in [0.05, 0.1) is 46.1 Å². The average Bonchev–Trinajstić information content (AvgIpc) is 3.47. The summed E-state index contributed by atoms with van der Waals surface area (Å²) in [5.41, 5.74) is 9.11. The first kappa shape index (κ1) is 27.9. The Morgan fingerprint density at radius 2 is 1.49 bits per heavy atom. The molecule has 2 N–H and O–H groups in total. The van der Waals surface area contributed by atoms with E-state index in [9.17, 15) is 4.79 Å². The molecular formula is C28H37N7O4. The molecule has 0 aliphatic rings. The van der Waals surface area contributed by atoms with Crippen LogP contribution in [0.4, 0.5) is 5.69 Å². The van der Waals surface area contributed by atoms with Gasteiger partial charge in [-0.1, -0.05) is 31.2 Å². The second-order valence-corrected chi connectivity index (χ2v) is 9.17. The Morgan fingerprint density at radius 1 is 0.872 bits per heavy atom. The van der Waals surface area contributed by atoms with Gasteiger partial charge in [-0.2, -0.15) is 5.10 Å². The normalized spacial score (nSPS) is 11.3. The predicted molar refractivity (Wildman–Crippen MR) is 150 cm³/mol. The summed E-state index contributed by atoms with van der Waals surface area (Å²) in [5, 5.41) is 9.44. The third-order valence-electron chi connectivity index (χ3n) is 6.61. The fourth-order valence-electron chi connectivity index (χ4n) is 4.31. The van der Waals surface area contributed by atoms with E-state index in [0.717, 1.165) is 35.7 Å². The monoisotopic (exact) mass is 535 g/mol. The standard InChI is InChI=1S/C28H37N7O4/c1-5-32(16-17-37-2)14-15-35-28(36)34(19-22-8-12-24(39-4)13-9-22)27(31-35)26-25(29)20-33(30-26)18-21-6-10-23(38-3)11-7-21/h6-13,20H,5,14-19,29H2,1-4H3. The van der Waals surface area contributed by atoms with Crippen molar-refractivity contribution in [3.05, 3.63) is 76.3 Å². The quantitative estimate of drug-likeness (QED) is 0.262. The number of aromatic nitrogens is 5. The van der Waals surface area contributed by atoms with Crippen molar-refractivity contribution in [1.29, 1.82) is 0 Å². The molecule has 0 bridgehead atoms. The average molecular weight is 536 g/mol. The van der Waals surface area contributed by atoms with Crippen molar-refractivity contribution >= 4 is 5.69 Å². The lowest BCUT2D eigenvalue weighted by Crippen LogP contribution is -2.34. The van der Waals surface area contributed by atoms with Gasteiger partial charge in [-0.25, -0.2) is 9.48 Å². The van der Waals surface area contributed by atoms with Crippen LogP contribution in [0.2, 0.25) is 0 Å². The van der Waals surface area contributed by atoms with Crippen molar-refractivity contribution in [2.24, 2.45) is 0 Å². The summed E-state index contributed by atoms with van der Waals surface area (Å²) in [7, 11) is 4.95. The minimum Gasteiger partial charge on any atom is -0.497 e. The number of rotatable bonds is 14. The highest BCUT2D eigenvalue weighted by atomic mass is 16.5. The van der Waals surface area contributed by atoms with Crippen molar-refractivity contribution in [2.75, 3.05) is 53.3 Å². The number of nitrogens with zero attached hydrogens (tertiary/aromatic N) is 6. The first-order valence-corrected chi connectivity index (χ1v) is 12.9. The number of nitrogens with two attached hydrogens (primary N) is 1. The van der Waals surface area contributed by atoms with Crippen LogP contribution in [-0.4, -0.2) is 76.6 Å². The molecule has 4 rings (SSSR count). The first-order valence-electron chi connectivity index (χ1n) is 12.9. The molecule has 0 aliphatic carbocycles. The van der Waals surface area contributed by atoms with Gasteiger partial charge < -0.3 is 19.9 Å². The van der Waals surface area contributed by atoms with E-state index in [1.807, 2.05) is 48.5 Å². The van der Waals surface area contributed by atoms with Crippen molar-refractivity contribution in [3.63, 3.8) is 0 Å². The molecule has 4 aromatic rings. The van der Waals surface area contributed by atoms with Gasteiger partial charge in [-0.15, -0.1) is 5.10 Å². The molecule has 0 atom stereocenters. The molecule has 0 fully saturated rings. The lowest BCUT2D eigenvalue weighted by atomic mass is 10.2. The summed E-state index contributed by atoms with van der Waals surface area (Å²) in [4.78, 5) is 15.8. The van der Waals surface area contributed by atoms with Crippen molar-refractivity contribution in [3.8, 4) is 23.0 Å². The molecule has 11 nitrogen and oxygen atoms in total. The Kier molecular flexibility index (Phi) is 9.40. The summed E-state index contributed by atoms with van der Waals surface area (Å²) >= 11 is 0. The molecule has 2 heterocycles. The molecule has 0 aliphatic heterocycles. The summed E-state index contributed by atoms with van der Waals surface area (Å²) in [5.74, 6) is 1.97. The Morgan fingerprint density at radius 3 is 2.05 bits per heavy atom. The van der Waals surface area contributed by atoms with Gasteiger partial charge in [0.15, 0.2) is 11.5 Å². The van der Waals surface area contributed by atoms with Crippen LogP contribution in [0.3, 0.4) is 0 Å². The van der Waals surface area contributed by atoms with Gasteiger partial charge in [0.25, 0.3) is 0 Å². The molecule has 0 unspecified atom stereocenters. The van der Waals surface area contributed by atoms with Gasteiger partial charge in [0, 0.05) is 26.4 Å². The van der Waals surface area contributed by atoms with Gasteiger partial charge in [0.2, 0.25) is 0 Å². The SMILES string of the molecule is CCN(CCOC)CCn1nc(-c2nn(Cc3ccc(OC)cc3)cc2N)n(Cc2ccc(OC)cc2)c1=O. The predicted octanol–water partition coefficient (Wildman–Crippen LogP) is 2.57. The molecule has 2 aromatic carbocycles. The number of hydrogen-bond acceptors (Lipinski definition) is 8. The number of hydrogen-bond donors (Lipinski definition) is 1. The highest BCUT2D eigenvalue weighted by molar-refractivity contribution is 5.66. The molecule has 11 heteroatoms. The molecule has 208 valence electrons. The van der Waals surface area contributed by atoms with Gasteiger partial charge in [-0.3, -0.25) is 14.1 Å². The highest BCUT2D eigenvalue weighted by Gasteiger charge is 2.21. The van der Waals surface area contributed by atoms with Crippen LogP contribution in [0.25, 0.3) is 11.5 Å². The van der Waals surface area contributed by atoms with Crippen LogP contribution in [0.1, 0.15) is 18.1 Å². The Balaban J connectivity index is 1.65. The van der Waals surface area contributed by atoms with Gasteiger partial charge in [-0.05, 0) is 41.9 Å². The molecule has 0 saturated heterocycles. The number of ether oxygens (including phenoxy) is 3. The van der Waals surface area contributed by atoms with Gasteiger partial charge in [0.1, 0.15) is 11.5 Å². The Labute approximate surface area is 228 Å². The zero-order valence-corrected chi connectivity index (χ0v) is 23.0. The fraction of sp³-hybridized carbons (Fsp3) is 0.393. The van der Waals surface area contributed by atoms with E-state index in [1.54, 1.807) is 36.8 Å². The lowest BCUT2D eigenvalue weighted by molar-refractivity contribution is 0.147. The first-order chi connectivity index (χ1) is 18.9. The number of nitrogen functional groups attached to an aromatic ring is 1. The summed E-state index contributed by atoms with van der Waals surface area (Å²) in [6.45, 7) is 6.28. The van der Waals surface area contributed by atoms with Crippen LogP contribution in [0.5, 0.6) is 11.5 Å². The minimum absolute atomic E-state index is 0.215. The van der Waals surface area contributed by atoms with Crippen LogP contribution < -0.4 is 20.9 Å². The van der Waals surface area contributed by atoms with E-state index in [-0.39, 0.29) is 5.69 Å². The van der Waals surface area contributed by atoms with Gasteiger partial charge >= 0.3 is 5.69 Å². The summed E-state index contributed by atoms with van der Waals surface area (Å²) in [6, 6.07) is 15.4. The number of methoxy groups -OCH3 is 3. The second kappa shape index (κ2) is 13.1. The molecule has 0 radical (unpaired) electrons. The van der Waals surface area contributed by atoms with Crippen LogP contribution in [0, 0.1) is 0 Å². The molecule has 39 heavy (non-hydrogen) atoms. The highest BCUT2D eigenvalue weighted by Crippen LogP contribution is 2.23. The van der Waals surface area contributed by atoms with Crippen molar-refractivity contribution in [1.82, 2.24) is 29.0 Å². The molecule has 0 spiro atoms. The Bertz CT molecular complexity index is 1390. The van der Waals surface area contributed by atoms with Crippen LogP contribution in [-0.2, 0) is 24.4 Å². The summed E-state index contributed by atoms with van der Waals surface area (Å²) < 4.78 is 20.6. The van der Waals surface area contributed by atoms with E-state index >= 15 is 0 Å². The topological polar surface area (TPSA) is 115 Å². The third kappa shape index (κ3) is 6.87. The zero-order valence-electron chi connectivity index (χ0n) is 23.0. The maximum atomic E-state index is 13.6. The van der Waals surface area contributed by atoms with E-state index < -0.39 is 0 Å². The van der Waals surface area contributed by atoms with E-state index in [1.165, 1.54) is 4.68 Å². The molecule has 2 aromatic heterocycles. The minimum atomic E-state index is -0.215. The largest absolute Gasteiger partial charge is 0.497 e. The molecule has 0 saturated carbocycles. The molecular weight excluding hydrogens is 498 g/mol. The van der Waals surface area contributed by atoms with E-state index in [4.69, 9.17) is 30.1 Å². The van der Waals surface area contributed by atoms with Crippen LogP contribution >= 0.6 is 0 Å². The zero-order chi connectivity index (χ0) is 27.8. The maximum absolute atomic E-state index is 13.6. The van der Waals surface area contributed by atoms with Crippen molar-refractivity contribution in [2.45, 2.75) is 26.6 Å². The number of likely N-dealkylation sites (N-methyl/N-ethyl adjacent to an activating group) is 1. The Hall–Kier alpha value is -4.09. The lowest BCUT2D eigenvalue weighted by Gasteiger charge is -2.19. The third-order valence-corrected chi connectivity index (χ3v) is 6.61. The number of anilines is 1. The van der Waals surface area contributed by atoms with Crippen molar-refractivity contribution < 1.29 is 14.2 Å². The fourth-order valence-corrected chi connectivity index (χ4v) is 4.31. The number of benzene rings is 2. The molecule has 0 amide bonds. The second-order valence-electron chi connectivity index (χ2n) is 9.17. The van der Waals surface area contributed by atoms with Crippen LogP contribution in [0.15, 0.2) is 59.5 Å².